The second-order valence-corrected chi connectivity index (χ2v) is 6.47. The SMILES string of the molecule is NC(=O)c1ccnc(N2c3ccccc3NC2c2ccc3ccccc3n2)n1. The zero-order valence-electron chi connectivity index (χ0n) is 14.8. The number of carbonyl (C=O) groups excluding carboxylic acids is 1. The van der Waals surface area contributed by atoms with Crippen molar-refractivity contribution in [2.45, 2.75) is 6.17 Å². The average Bonchev–Trinajstić information content (AvgIpc) is 3.13. The molecule has 1 aliphatic rings. The molecule has 5 rings (SSSR count). The summed E-state index contributed by atoms with van der Waals surface area (Å²) in [5.74, 6) is -0.210. The number of anilines is 3. The Morgan fingerprint density at radius 2 is 1.79 bits per heavy atom. The van der Waals surface area contributed by atoms with Crippen LogP contribution in [0.5, 0.6) is 0 Å². The summed E-state index contributed by atoms with van der Waals surface area (Å²) in [6.07, 6.45) is 1.22. The van der Waals surface area contributed by atoms with Gasteiger partial charge in [-0.25, -0.2) is 15.0 Å². The van der Waals surface area contributed by atoms with Crippen LogP contribution in [0.15, 0.2) is 72.9 Å². The maximum Gasteiger partial charge on any atom is 0.267 e. The van der Waals surface area contributed by atoms with Crippen molar-refractivity contribution in [3.05, 3.63) is 84.3 Å². The van der Waals surface area contributed by atoms with Gasteiger partial charge in [0.05, 0.1) is 22.6 Å². The number of carbonyl (C=O) groups is 1. The Kier molecular flexibility index (Phi) is 3.65. The lowest BCUT2D eigenvalue weighted by atomic mass is 10.2. The molecule has 1 atom stereocenters. The number of rotatable bonds is 3. The number of aromatic nitrogens is 3. The summed E-state index contributed by atoms with van der Waals surface area (Å²) in [5, 5.41) is 4.55. The van der Waals surface area contributed by atoms with E-state index in [1.165, 1.54) is 12.3 Å². The van der Waals surface area contributed by atoms with E-state index in [4.69, 9.17) is 10.7 Å². The molecule has 0 fully saturated rings. The van der Waals surface area contributed by atoms with E-state index in [9.17, 15) is 4.79 Å². The van der Waals surface area contributed by atoms with Gasteiger partial charge in [0.1, 0.15) is 5.69 Å². The molecule has 0 saturated carbocycles. The molecule has 3 heterocycles. The molecule has 1 amide bonds. The van der Waals surface area contributed by atoms with Crippen LogP contribution in [0.25, 0.3) is 10.9 Å². The Morgan fingerprint density at radius 1 is 0.964 bits per heavy atom. The highest BCUT2D eigenvalue weighted by Gasteiger charge is 2.34. The van der Waals surface area contributed by atoms with Gasteiger partial charge in [-0.2, -0.15) is 0 Å². The molecule has 0 bridgehead atoms. The highest BCUT2D eigenvalue weighted by Crippen LogP contribution is 2.44. The number of pyridine rings is 1. The van der Waals surface area contributed by atoms with Gasteiger partial charge < -0.3 is 11.1 Å². The summed E-state index contributed by atoms with van der Waals surface area (Å²) in [5.41, 5.74) is 9.15. The van der Waals surface area contributed by atoms with Crippen LogP contribution < -0.4 is 16.0 Å². The lowest BCUT2D eigenvalue weighted by Crippen LogP contribution is -2.27. The number of nitrogens with zero attached hydrogens (tertiary/aromatic N) is 4. The topological polar surface area (TPSA) is 97.0 Å². The molecule has 7 heteroatoms. The monoisotopic (exact) mass is 368 g/mol. The van der Waals surface area contributed by atoms with Crippen molar-refractivity contribution in [3.63, 3.8) is 0 Å². The van der Waals surface area contributed by atoms with Crippen molar-refractivity contribution >= 4 is 34.1 Å². The van der Waals surface area contributed by atoms with E-state index >= 15 is 0 Å². The van der Waals surface area contributed by atoms with Gasteiger partial charge in [0, 0.05) is 11.6 Å². The van der Waals surface area contributed by atoms with E-state index in [1.54, 1.807) is 0 Å². The molecule has 4 aromatic rings. The third kappa shape index (κ3) is 2.61. The fraction of sp³-hybridized carbons (Fsp3) is 0.0476. The molecule has 2 aromatic heterocycles. The number of fused-ring (bicyclic) bond motifs is 2. The molecule has 1 unspecified atom stereocenters. The molecular weight excluding hydrogens is 352 g/mol. The van der Waals surface area contributed by atoms with Gasteiger partial charge in [0.25, 0.3) is 5.91 Å². The van der Waals surface area contributed by atoms with Gasteiger partial charge in [-0.1, -0.05) is 36.4 Å². The highest BCUT2D eigenvalue weighted by molar-refractivity contribution is 5.91. The van der Waals surface area contributed by atoms with E-state index < -0.39 is 5.91 Å². The third-order valence-corrected chi connectivity index (χ3v) is 4.72. The number of primary amides is 1. The minimum atomic E-state index is -0.593. The van der Waals surface area contributed by atoms with Crippen molar-refractivity contribution in [1.82, 2.24) is 15.0 Å². The molecule has 1 aliphatic heterocycles. The minimum absolute atomic E-state index is 0.166. The Labute approximate surface area is 160 Å². The van der Waals surface area contributed by atoms with Gasteiger partial charge >= 0.3 is 0 Å². The first kappa shape index (κ1) is 16.2. The normalized spacial score (nSPS) is 15.3. The first-order valence-corrected chi connectivity index (χ1v) is 8.84. The Morgan fingerprint density at radius 3 is 2.68 bits per heavy atom. The number of hydrogen-bond acceptors (Lipinski definition) is 6. The van der Waals surface area contributed by atoms with Gasteiger partial charge in [-0.15, -0.1) is 0 Å². The molecule has 0 spiro atoms. The molecule has 0 saturated heterocycles. The number of hydrogen-bond donors (Lipinski definition) is 2. The second kappa shape index (κ2) is 6.31. The summed E-state index contributed by atoms with van der Waals surface area (Å²) >= 11 is 0. The van der Waals surface area contributed by atoms with Gasteiger partial charge in [0.2, 0.25) is 5.95 Å². The van der Waals surface area contributed by atoms with E-state index in [1.807, 2.05) is 65.6 Å². The quantitative estimate of drug-likeness (QED) is 0.575. The van der Waals surface area contributed by atoms with Crippen LogP contribution in [0.3, 0.4) is 0 Å². The number of para-hydroxylation sites is 3. The maximum absolute atomic E-state index is 11.6. The van der Waals surface area contributed by atoms with Crippen LogP contribution in [0, 0.1) is 0 Å². The zero-order valence-corrected chi connectivity index (χ0v) is 14.8. The van der Waals surface area contributed by atoms with Gasteiger partial charge in [-0.05, 0) is 30.3 Å². The summed E-state index contributed by atoms with van der Waals surface area (Å²) in [6, 6.07) is 21.4. The predicted molar refractivity (Wildman–Crippen MR) is 107 cm³/mol. The molecule has 0 aliphatic carbocycles. The smallest absolute Gasteiger partial charge is 0.267 e. The van der Waals surface area contributed by atoms with Gasteiger partial charge in [-0.3, -0.25) is 9.69 Å². The first-order valence-electron chi connectivity index (χ1n) is 8.84. The van der Waals surface area contributed by atoms with Crippen LogP contribution in [0.1, 0.15) is 22.3 Å². The summed E-state index contributed by atoms with van der Waals surface area (Å²) in [4.78, 5) is 27.1. The van der Waals surface area contributed by atoms with Crippen LogP contribution in [-0.4, -0.2) is 20.9 Å². The van der Waals surface area contributed by atoms with E-state index in [-0.39, 0.29) is 11.9 Å². The number of nitrogens with one attached hydrogen (secondary N) is 1. The molecule has 0 radical (unpaired) electrons. The van der Waals surface area contributed by atoms with Crippen molar-refractivity contribution in [3.8, 4) is 0 Å². The third-order valence-electron chi connectivity index (χ3n) is 4.72. The molecule has 136 valence electrons. The van der Waals surface area contributed by atoms with Crippen LogP contribution in [0.4, 0.5) is 17.3 Å². The minimum Gasteiger partial charge on any atom is -0.364 e. The Hall–Kier alpha value is -4.00. The standard InChI is InChI=1S/C21H16N6O/c22-19(28)16-11-12-23-21(26-16)27-18-8-4-3-7-15(18)25-20(27)17-10-9-13-5-1-2-6-14(13)24-17/h1-12,20,25H,(H2,22,28). The average molecular weight is 368 g/mol. The van der Waals surface area contributed by atoms with Gasteiger partial charge in [0.15, 0.2) is 6.17 Å². The number of amides is 1. The zero-order chi connectivity index (χ0) is 19.1. The second-order valence-electron chi connectivity index (χ2n) is 6.47. The lowest BCUT2D eigenvalue weighted by Gasteiger charge is -2.24. The molecular formula is C21H16N6O. The molecule has 7 nitrogen and oxygen atoms in total. The fourth-order valence-corrected chi connectivity index (χ4v) is 3.42. The predicted octanol–water partition coefficient (Wildman–Crippen LogP) is 3.39. The van der Waals surface area contributed by atoms with E-state index in [0.29, 0.717) is 5.95 Å². The van der Waals surface area contributed by atoms with E-state index in [2.05, 4.69) is 15.3 Å². The van der Waals surface area contributed by atoms with Crippen molar-refractivity contribution in [2.24, 2.45) is 5.73 Å². The largest absolute Gasteiger partial charge is 0.364 e. The lowest BCUT2D eigenvalue weighted by molar-refractivity contribution is 0.0995. The van der Waals surface area contributed by atoms with Crippen molar-refractivity contribution in [1.29, 1.82) is 0 Å². The Balaban J connectivity index is 1.66. The summed E-state index contributed by atoms with van der Waals surface area (Å²) in [6.45, 7) is 0. The van der Waals surface area contributed by atoms with Crippen LogP contribution in [-0.2, 0) is 0 Å². The van der Waals surface area contributed by atoms with Crippen LogP contribution >= 0.6 is 0 Å². The molecule has 3 N–H and O–H groups in total. The summed E-state index contributed by atoms with van der Waals surface area (Å²) < 4.78 is 0. The maximum atomic E-state index is 11.6. The molecule has 2 aromatic carbocycles. The number of nitrogens with two attached hydrogens (primary N) is 1. The Bertz CT molecular complexity index is 1210. The fourth-order valence-electron chi connectivity index (χ4n) is 3.42. The first-order chi connectivity index (χ1) is 13.7. The highest BCUT2D eigenvalue weighted by atomic mass is 16.1. The van der Waals surface area contributed by atoms with Crippen LogP contribution in [0.2, 0.25) is 0 Å². The number of benzene rings is 2. The van der Waals surface area contributed by atoms with Crippen molar-refractivity contribution < 1.29 is 4.79 Å². The molecule has 28 heavy (non-hydrogen) atoms. The summed E-state index contributed by atoms with van der Waals surface area (Å²) in [7, 11) is 0. The van der Waals surface area contributed by atoms with E-state index in [0.717, 1.165) is 28.0 Å². The van der Waals surface area contributed by atoms with Crippen molar-refractivity contribution in [2.75, 3.05) is 10.2 Å².